The lowest BCUT2D eigenvalue weighted by Crippen LogP contribution is -2.43. The van der Waals surface area contributed by atoms with Crippen LogP contribution in [0.4, 0.5) is 4.39 Å². The minimum absolute atomic E-state index is 0. The van der Waals surface area contributed by atoms with Crippen molar-refractivity contribution >= 4 is 29.9 Å². The van der Waals surface area contributed by atoms with E-state index < -0.39 is 0 Å². The van der Waals surface area contributed by atoms with Crippen LogP contribution in [0.5, 0.6) is 0 Å². The van der Waals surface area contributed by atoms with Gasteiger partial charge in [-0.2, -0.15) is 0 Å². The number of benzene rings is 1. The van der Waals surface area contributed by atoms with Gasteiger partial charge in [0.1, 0.15) is 5.82 Å². The SMILES string of the molecule is CN=C(NCCCOCC1CCCO1)NCC(C)(C)c1cccc(F)c1.I. The van der Waals surface area contributed by atoms with E-state index in [1.54, 1.807) is 19.2 Å². The number of guanidine groups is 1. The van der Waals surface area contributed by atoms with E-state index >= 15 is 0 Å². The summed E-state index contributed by atoms with van der Waals surface area (Å²) in [6.45, 7) is 7.87. The first kappa shape index (κ1) is 24.1. The van der Waals surface area contributed by atoms with Gasteiger partial charge in [0.2, 0.25) is 0 Å². The molecule has 1 fully saturated rings. The molecule has 0 bridgehead atoms. The second kappa shape index (κ2) is 12.5. The number of hydrogen-bond donors (Lipinski definition) is 2. The molecule has 154 valence electrons. The number of rotatable bonds is 9. The minimum atomic E-state index is -0.207. The Morgan fingerprint density at radius 1 is 1.37 bits per heavy atom. The smallest absolute Gasteiger partial charge is 0.191 e. The van der Waals surface area contributed by atoms with Crippen molar-refractivity contribution in [1.29, 1.82) is 0 Å². The third-order valence-corrected chi connectivity index (χ3v) is 4.61. The second-order valence-electron chi connectivity index (χ2n) is 7.31. The third kappa shape index (κ3) is 8.74. The molecule has 2 rings (SSSR count). The number of halogens is 2. The van der Waals surface area contributed by atoms with Crippen LogP contribution in [-0.4, -0.2) is 52.0 Å². The highest BCUT2D eigenvalue weighted by molar-refractivity contribution is 14.0. The van der Waals surface area contributed by atoms with Crippen molar-refractivity contribution in [3.8, 4) is 0 Å². The quantitative estimate of drug-likeness (QED) is 0.240. The van der Waals surface area contributed by atoms with Crippen LogP contribution < -0.4 is 10.6 Å². The van der Waals surface area contributed by atoms with E-state index in [0.717, 1.165) is 43.9 Å². The molecule has 1 heterocycles. The van der Waals surface area contributed by atoms with Gasteiger partial charge in [-0.25, -0.2) is 4.39 Å². The number of nitrogens with one attached hydrogen (secondary N) is 2. The van der Waals surface area contributed by atoms with E-state index in [1.165, 1.54) is 6.07 Å². The molecule has 27 heavy (non-hydrogen) atoms. The summed E-state index contributed by atoms with van der Waals surface area (Å²) in [5, 5.41) is 6.61. The number of nitrogens with zero attached hydrogens (tertiary/aromatic N) is 1. The van der Waals surface area contributed by atoms with Crippen LogP contribution in [0.15, 0.2) is 29.3 Å². The van der Waals surface area contributed by atoms with Crippen LogP contribution >= 0.6 is 24.0 Å². The lowest BCUT2D eigenvalue weighted by Gasteiger charge is -2.27. The van der Waals surface area contributed by atoms with Gasteiger partial charge in [-0.05, 0) is 37.0 Å². The van der Waals surface area contributed by atoms with Gasteiger partial charge in [-0.1, -0.05) is 26.0 Å². The Kier molecular flexibility index (Phi) is 11.2. The molecule has 1 aromatic carbocycles. The zero-order valence-corrected chi connectivity index (χ0v) is 18.9. The monoisotopic (exact) mass is 493 g/mol. The molecule has 5 nitrogen and oxygen atoms in total. The lowest BCUT2D eigenvalue weighted by atomic mass is 9.84. The summed E-state index contributed by atoms with van der Waals surface area (Å²) < 4.78 is 24.6. The Morgan fingerprint density at radius 3 is 2.85 bits per heavy atom. The maximum absolute atomic E-state index is 13.5. The fourth-order valence-electron chi connectivity index (χ4n) is 2.91. The first-order valence-corrected chi connectivity index (χ1v) is 9.41. The standard InChI is InChI=1S/C20H32FN3O2.HI/c1-20(2,16-7-4-8-17(21)13-16)15-24-19(22-3)23-10-6-11-25-14-18-9-5-12-26-18;/h4,7-8,13,18H,5-6,9-12,14-15H2,1-3H3,(H2,22,23,24);1H. The molecule has 1 atom stereocenters. The van der Waals surface area contributed by atoms with Crippen molar-refractivity contribution in [1.82, 2.24) is 10.6 Å². The van der Waals surface area contributed by atoms with Crippen LogP contribution in [-0.2, 0) is 14.9 Å². The highest BCUT2D eigenvalue weighted by Gasteiger charge is 2.21. The summed E-state index contributed by atoms with van der Waals surface area (Å²) in [5.41, 5.74) is 0.757. The summed E-state index contributed by atoms with van der Waals surface area (Å²) in [5.74, 6) is 0.537. The molecule has 0 aromatic heterocycles. The second-order valence-corrected chi connectivity index (χ2v) is 7.31. The Hall–Kier alpha value is -0.930. The average molecular weight is 493 g/mol. The molecule has 0 spiro atoms. The van der Waals surface area contributed by atoms with Crippen LogP contribution in [0, 0.1) is 5.82 Å². The number of hydrogen-bond acceptors (Lipinski definition) is 3. The Labute approximate surface area is 179 Å². The maximum Gasteiger partial charge on any atom is 0.191 e. The summed E-state index contributed by atoms with van der Waals surface area (Å²) in [6, 6.07) is 6.75. The lowest BCUT2D eigenvalue weighted by molar-refractivity contribution is 0.0168. The van der Waals surface area contributed by atoms with E-state index in [0.29, 0.717) is 19.8 Å². The van der Waals surface area contributed by atoms with Gasteiger partial charge in [0.25, 0.3) is 0 Å². The Bertz CT molecular complexity index is 578. The molecular formula is C20H33FIN3O2. The van der Waals surface area contributed by atoms with Crippen molar-refractivity contribution < 1.29 is 13.9 Å². The number of aliphatic imine (C=N–C) groups is 1. The zero-order valence-electron chi connectivity index (χ0n) is 16.6. The van der Waals surface area contributed by atoms with Gasteiger partial charge in [0.15, 0.2) is 5.96 Å². The summed E-state index contributed by atoms with van der Waals surface area (Å²) in [4.78, 5) is 4.24. The van der Waals surface area contributed by atoms with Crippen LogP contribution in [0.1, 0.15) is 38.7 Å². The van der Waals surface area contributed by atoms with Gasteiger partial charge >= 0.3 is 0 Å². The molecule has 0 aliphatic carbocycles. The maximum atomic E-state index is 13.5. The number of ether oxygens (including phenoxy) is 2. The minimum Gasteiger partial charge on any atom is -0.379 e. The average Bonchev–Trinajstić information content (AvgIpc) is 3.14. The van der Waals surface area contributed by atoms with Gasteiger partial charge in [0.05, 0.1) is 12.7 Å². The highest BCUT2D eigenvalue weighted by atomic mass is 127. The fraction of sp³-hybridized carbons (Fsp3) is 0.650. The topological polar surface area (TPSA) is 54.9 Å². The van der Waals surface area contributed by atoms with Crippen LogP contribution in [0.25, 0.3) is 0 Å². The summed E-state index contributed by atoms with van der Waals surface area (Å²) in [7, 11) is 1.75. The summed E-state index contributed by atoms with van der Waals surface area (Å²) >= 11 is 0. The van der Waals surface area contributed by atoms with Crippen molar-refractivity contribution in [3.63, 3.8) is 0 Å². The van der Waals surface area contributed by atoms with Crippen molar-refractivity contribution in [2.45, 2.75) is 44.6 Å². The molecule has 0 saturated carbocycles. The van der Waals surface area contributed by atoms with E-state index in [-0.39, 0.29) is 41.3 Å². The normalized spacial score (nSPS) is 17.5. The molecule has 1 aliphatic heterocycles. The largest absolute Gasteiger partial charge is 0.379 e. The van der Waals surface area contributed by atoms with Crippen molar-refractivity contribution in [2.24, 2.45) is 4.99 Å². The molecular weight excluding hydrogens is 460 g/mol. The van der Waals surface area contributed by atoms with Gasteiger partial charge in [-0.15, -0.1) is 24.0 Å². The van der Waals surface area contributed by atoms with E-state index in [1.807, 2.05) is 6.07 Å². The van der Waals surface area contributed by atoms with Gasteiger partial charge < -0.3 is 20.1 Å². The summed E-state index contributed by atoms with van der Waals surface area (Å²) in [6.07, 6.45) is 3.43. The Morgan fingerprint density at radius 2 is 2.19 bits per heavy atom. The van der Waals surface area contributed by atoms with Gasteiger partial charge in [-0.3, -0.25) is 4.99 Å². The van der Waals surface area contributed by atoms with E-state index in [9.17, 15) is 4.39 Å². The van der Waals surface area contributed by atoms with E-state index in [4.69, 9.17) is 9.47 Å². The molecule has 1 aromatic rings. The predicted octanol–water partition coefficient (Wildman–Crippen LogP) is 3.47. The first-order chi connectivity index (χ1) is 12.5. The molecule has 0 amide bonds. The zero-order chi connectivity index (χ0) is 18.8. The third-order valence-electron chi connectivity index (χ3n) is 4.61. The Balaban J connectivity index is 0.00000364. The van der Waals surface area contributed by atoms with E-state index in [2.05, 4.69) is 29.5 Å². The molecule has 1 saturated heterocycles. The molecule has 2 N–H and O–H groups in total. The van der Waals surface area contributed by atoms with Gasteiger partial charge in [0, 0.05) is 38.8 Å². The van der Waals surface area contributed by atoms with Crippen LogP contribution in [0.3, 0.4) is 0 Å². The molecule has 1 unspecified atom stereocenters. The van der Waals surface area contributed by atoms with Crippen molar-refractivity contribution in [2.75, 3.05) is 40.0 Å². The molecule has 0 radical (unpaired) electrons. The fourth-order valence-corrected chi connectivity index (χ4v) is 2.91. The molecule has 1 aliphatic rings. The van der Waals surface area contributed by atoms with Crippen LogP contribution in [0.2, 0.25) is 0 Å². The first-order valence-electron chi connectivity index (χ1n) is 9.41. The molecule has 7 heteroatoms. The predicted molar refractivity (Wildman–Crippen MR) is 119 cm³/mol. The van der Waals surface area contributed by atoms with Crippen molar-refractivity contribution in [3.05, 3.63) is 35.6 Å². The highest BCUT2D eigenvalue weighted by Crippen LogP contribution is 2.22.